The number of nitrogens with zero attached hydrogens (tertiary/aromatic N) is 3. The molecular weight excluding hydrogens is 1090 g/mol. The Labute approximate surface area is 455 Å². The summed E-state index contributed by atoms with van der Waals surface area (Å²) in [7, 11) is 3.42. The number of rotatable bonds is 12. The third-order valence-electron chi connectivity index (χ3n) is 11.7. The maximum absolute atomic E-state index is 11.6. The topological polar surface area (TPSA) is 197 Å². The van der Waals surface area contributed by atoms with Crippen LogP contribution in [0, 0.1) is 0 Å². The molecule has 400 valence electrons. The summed E-state index contributed by atoms with van der Waals surface area (Å²) < 4.78 is 26.1. The van der Waals surface area contributed by atoms with Crippen LogP contribution < -0.4 is 20.0 Å². The Bertz CT molecular complexity index is 2430. The lowest BCUT2D eigenvalue weighted by molar-refractivity contribution is 0.0517. The number of benzene rings is 4. The van der Waals surface area contributed by atoms with Gasteiger partial charge < -0.3 is 59.0 Å². The van der Waals surface area contributed by atoms with Gasteiger partial charge in [-0.25, -0.2) is 19.2 Å². The molecule has 4 aliphatic heterocycles. The maximum atomic E-state index is 11.6. The molecule has 4 atom stereocenters. The van der Waals surface area contributed by atoms with E-state index in [-0.39, 0.29) is 47.9 Å². The van der Waals surface area contributed by atoms with Crippen molar-refractivity contribution in [3.05, 3.63) is 120 Å². The van der Waals surface area contributed by atoms with Crippen LogP contribution in [0.15, 0.2) is 77.3 Å². The minimum atomic E-state index is -0.963. The summed E-state index contributed by atoms with van der Waals surface area (Å²) in [5, 5.41) is 32.1. The first-order valence-electron chi connectivity index (χ1n) is 23.9. The fraction of sp³-hybridized carbons (Fsp3) is 0.462. The van der Waals surface area contributed by atoms with Gasteiger partial charge in [0.05, 0.1) is 104 Å². The maximum Gasteiger partial charge on any atom is 0.338 e. The highest BCUT2D eigenvalue weighted by molar-refractivity contribution is 9.10. The number of β-amino-alcohol motifs (C(OH)–C–C–N with tert-alkyl or cyclic N) is 2. The van der Waals surface area contributed by atoms with Crippen molar-refractivity contribution in [2.75, 3.05) is 101 Å². The molecule has 4 fully saturated rings. The molecule has 16 nitrogen and oxygen atoms in total. The highest BCUT2D eigenvalue weighted by Gasteiger charge is 2.26. The minimum Gasteiger partial charge on any atom is -0.478 e. The lowest BCUT2D eigenvalue weighted by atomic mass is 10.2. The average molecular weight is 1160 g/mol. The number of carbonyl (C=O) groups excluding carboxylic acids is 3. The second kappa shape index (κ2) is 31.5. The predicted molar refractivity (Wildman–Crippen MR) is 290 cm³/mol. The smallest absolute Gasteiger partial charge is 0.338 e. The standard InChI is InChI=1S/C14H18ClNO3.C13H16ClNO3.C12H14ClNO3.C9H8BrClO2.C4H9NO/c1-3-19-14(17)10-4-5-13(12(15)8-10)16-7-6-11(9-16)18-2;1-2-18-13(17)9-3-4-12(11(14)7-9)15-6-5-10(16)8-15;1-17-9-4-5-14(7-9)11-3-2-8(12(15)16)6-10(11)13;1-2-13-9(12)6-3-4-7(10)8(11)5-6;6-4-1-2-5-3-4/h4-5,8,11H,3,6-7,9H2,1-2H3;3-4,7,10,16H,2,5-6,8H2,1H3;2-3,6,9H,4-5,7H2,1H3,(H,15,16);3-5H,2H2,1H3;4-6H,1-3H2/t11-;10-;9-;;4-/m111.1/s1. The second-order valence-electron chi connectivity index (χ2n) is 16.8. The van der Waals surface area contributed by atoms with E-state index in [1.807, 2.05) is 11.0 Å². The molecule has 4 saturated heterocycles. The van der Waals surface area contributed by atoms with Gasteiger partial charge in [0.25, 0.3) is 0 Å². The first-order chi connectivity index (χ1) is 34.9. The van der Waals surface area contributed by atoms with Crippen LogP contribution in [0.3, 0.4) is 0 Å². The van der Waals surface area contributed by atoms with E-state index in [1.165, 1.54) is 6.07 Å². The average Bonchev–Trinajstić information content (AvgIpc) is 4.23. The Morgan fingerprint density at radius 2 is 0.945 bits per heavy atom. The molecule has 21 heteroatoms. The number of esters is 3. The van der Waals surface area contributed by atoms with E-state index >= 15 is 0 Å². The van der Waals surface area contributed by atoms with Gasteiger partial charge in [-0.2, -0.15) is 0 Å². The van der Waals surface area contributed by atoms with Gasteiger partial charge >= 0.3 is 23.9 Å². The van der Waals surface area contributed by atoms with Crippen molar-refractivity contribution in [1.82, 2.24) is 5.32 Å². The van der Waals surface area contributed by atoms with Crippen LogP contribution in [0.4, 0.5) is 17.1 Å². The lowest BCUT2D eigenvalue weighted by Gasteiger charge is -2.20. The Morgan fingerprint density at radius 1 is 0.562 bits per heavy atom. The molecule has 0 aromatic heterocycles. The van der Waals surface area contributed by atoms with Gasteiger partial charge in [-0.15, -0.1) is 0 Å². The van der Waals surface area contributed by atoms with Crippen LogP contribution in [0.1, 0.15) is 87.9 Å². The normalized spacial score (nSPS) is 18.7. The van der Waals surface area contributed by atoms with E-state index in [0.29, 0.717) is 63.1 Å². The summed E-state index contributed by atoms with van der Waals surface area (Å²) >= 11 is 27.6. The lowest BCUT2D eigenvalue weighted by Crippen LogP contribution is -2.22. The summed E-state index contributed by atoms with van der Waals surface area (Å²) in [6.45, 7) is 12.9. The number of anilines is 3. The van der Waals surface area contributed by atoms with Gasteiger partial charge in [-0.3, -0.25) is 0 Å². The van der Waals surface area contributed by atoms with E-state index in [2.05, 4.69) is 31.0 Å². The van der Waals surface area contributed by atoms with Crippen molar-refractivity contribution in [2.45, 2.75) is 70.9 Å². The molecule has 0 saturated carbocycles. The van der Waals surface area contributed by atoms with Gasteiger partial charge in [0.2, 0.25) is 0 Å². The number of nitrogens with one attached hydrogen (secondary N) is 1. The van der Waals surface area contributed by atoms with E-state index in [4.69, 9.17) is 80.3 Å². The molecule has 0 amide bonds. The molecule has 0 bridgehead atoms. The number of aliphatic hydroxyl groups excluding tert-OH is 2. The van der Waals surface area contributed by atoms with E-state index in [9.17, 15) is 24.3 Å². The fourth-order valence-electron chi connectivity index (χ4n) is 7.82. The highest BCUT2D eigenvalue weighted by atomic mass is 79.9. The first-order valence-corrected chi connectivity index (χ1v) is 26.2. The van der Waals surface area contributed by atoms with Crippen LogP contribution >= 0.6 is 62.3 Å². The monoisotopic (exact) mass is 1160 g/mol. The number of ether oxygens (including phenoxy) is 5. The number of carbonyl (C=O) groups is 4. The van der Waals surface area contributed by atoms with Crippen molar-refractivity contribution in [3.63, 3.8) is 0 Å². The minimum absolute atomic E-state index is 0.0648. The highest BCUT2D eigenvalue weighted by Crippen LogP contribution is 2.33. The molecule has 73 heavy (non-hydrogen) atoms. The summed E-state index contributed by atoms with van der Waals surface area (Å²) in [6, 6.07) is 20.1. The summed E-state index contributed by atoms with van der Waals surface area (Å²) in [5.74, 6) is -2.02. The van der Waals surface area contributed by atoms with Crippen molar-refractivity contribution >= 4 is 103 Å². The Balaban J connectivity index is 0.000000204. The molecule has 4 aromatic carbocycles. The third kappa shape index (κ3) is 19.4. The number of aromatic carboxylic acids is 1. The molecule has 0 aliphatic carbocycles. The second-order valence-corrected chi connectivity index (χ2v) is 19.3. The number of hydrogen-bond acceptors (Lipinski definition) is 15. The molecule has 4 N–H and O–H groups in total. The molecule has 4 aliphatic rings. The summed E-state index contributed by atoms with van der Waals surface area (Å²) in [4.78, 5) is 51.5. The van der Waals surface area contributed by atoms with Gasteiger partial charge in [0.1, 0.15) is 0 Å². The van der Waals surface area contributed by atoms with Gasteiger partial charge in [-0.1, -0.05) is 46.4 Å². The predicted octanol–water partition coefficient (Wildman–Crippen LogP) is 9.71. The van der Waals surface area contributed by atoms with Gasteiger partial charge in [0, 0.05) is 64.5 Å². The van der Waals surface area contributed by atoms with Crippen LogP contribution in [-0.4, -0.2) is 150 Å². The SMILES string of the molecule is CCOC(=O)c1ccc(Br)c(Cl)c1.CCOC(=O)c1ccc(N2CC[C@@H](O)C2)c(Cl)c1.CCOC(=O)c1ccc(N2CC[C@@H](OC)C2)c(Cl)c1.CO[C@@H]1CCN(c2ccc(C(=O)O)cc2Cl)C1.O[C@@H]1CCNC1. The van der Waals surface area contributed by atoms with Crippen molar-refractivity contribution in [2.24, 2.45) is 0 Å². The molecule has 4 heterocycles. The molecule has 0 radical (unpaired) electrons. The number of methoxy groups -OCH3 is 2. The Kier molecular flexibility index (Phi) is 26.4. The van der Waals surface area contributed by atoms with Crippen LogP contribution in [-0.2, 0) is 23.7 Å². The van der Waals surface area contributed by atoms with Crippen molar-refractivity contribution < 1.29 is 58.2 Å². The van der Waals surface area contributed by atoms with Crippen LogP contribution in [0.5, 0.6) is 0 Å². The zero-order chi connectivity index (χ0) is 53.6. The van der Waals surface area contributed by atoms with Crippen molar-refractivity contribution in [3.8, 4) is 0 Å². The van der Waals surface area contributed by atoms with Gasteiger partial charge in [0.15, 0.2) is 0 Å². The van der Waals surface area contributed by atoms with E-state index < -0.39 is 5.97 Å². The molecular formula is C52H65BrCl4N4O12. The Morgan fingerprint density at radius 3 is 1.25 bits per heavy atom. The first kappa shape index (κ1) is 61.1. The zero-order valence-corrected chi connectivity index (χ0v) is 46.2. The van der Waals surface area contributed by atoms with E-state index in [0.717, 1.165) is 93.0 Å². The zero-order valence-electron chi connectivity index (χ0n) is 41.6. The van der Waals surface area contributed by atoms with Crippen LogP contribution in [0.25, 0.3) is 0 Å². The third-order valence-corrected chi connectivity index (χ3v) is 13.9. The van der Waals surface area contributed by atoms with E-state index in [1.54, 1.807) is 95.7 Å². The summed E-state index contributed by atoms with van der Waals surface area (Å²) in [6.07, 6.45) is 3.75. The number of carboxylic acids is 1. The number of halogens is 5. The van der Waals surface area contributed by atoms with Gasteiger partial charge in [-0.05, 0) is 142 Å². The van der Waals surface area contributed by atoms with Crippen molar-refractivity contribution in [1.29, 1.82) is 0 Å². The number of carboxylic acid groups (broad SMARTS) is 1. The fourth-order valence-corrected chi connectivity index (χ4v) is 9.15. The molecule has 0 spiro atoms. The number of aliphatic hydroxyl groups is 2. The number of hydrogen-bond donors (Lipinski definition) is 4. The Hall–Kier alpha value is -4.40. The molecule has 8 rings (SSSR count). The van der Waals surface area contributed by atoms with Crippen LogP contribution in [0.2, 0.25) is 20.1 Å². The summed E-state index contributed by atoms with van der Waals surface area (Å²) in [5.41, 5.74) is 4.27. The quantitative estimate of drug-likeness (QED) is 0.0772. The molecule has 0 unspecified atom stereocenters. The molecule has 4 aromatic rings. The largest absolute Gasteiger partial charge is 0.478 e.